The normalized spacial score (nSPS) is 10.6. The molecular formula is C9H9ClO. The second kappa shape index (κ2) is 4.04. The van der Waals surface area contributed by atoms with Crippen LogP contribution in [0.25, 0.3) is 6.08 Å². The van der Waals surface area contributed by atoms with Crippen LogP contribution in [-0.4, -0.2) is 11.0 Å². The van der Waals surface area contributed by atoms with Crippen LogP contribution in [0.4, 0.5) is 0 Å². The number of phenolic OH excluding ortho intramolecular Hbond substituents is 1. The second-order valence-corrected chi connectivity index (χ2v) is 2.46. The van der Waals surface area contributed by atoms with Crippen LogP contribution in [0.15, 0.2) is 30.3 Å². The summed E-state index contributed by atoms with van der Waals surface area (Å²) in [5, 5.41) is 8.93. The number of halogens is 1. The highest BCUT2D eigenvalue weighted by atomic mass is 35.5. The van der Waals surface area contributed by atoms with Crippen LogP contribution in [0.1, 0.15) is 5.56 Å². The zero-order chi connectivity index (χ0) is 8.10. The van der Waals surface area contributed by atoms with E-state index in [1.54, 1.807) is 12.1 Å². The molecule has 0 amide bonds. The van der Waals surface area contributed by atoms with Gasteiger partial charge in [0.25, 0.3) is 0 Å². The molecule has 0 fully saturated rings. The summed E-state index contributed by atoms with van der Waals surface area (Å²) in [6.07, 6.45) is 3.76. The molecule has 0 saturated carbocycles. The lowest BCUT2D eigenvalue weighted by atomic mass is 10.2. The van der Waals surface area contributed by atoms with E-state index >= 15 is 0 Å². The Morgan fingerprint density at radius 3 is 2.45 bits per heavy atom. The minimum Gasteiger partial charge on any atom is -0.508 e. The van der Waals surface area contributed by atoms with Crippen molar-refractivity contribution in [2.75, 3.05) is 5.88 Å². The topological polar surface area (TPSA) is 20.2 Å². The zero-order valence-corrected chi connectivity index (χ0v) is 6.75. The third-order valence-electron chi connectivity index (χ3n) is 1.29. The number of hydrogen-bond donors (Lipinski definition) is 1. The van der Waals surface area contributed by atoms with Gasteiger partial charge in [-0.05, 0) is 17.7 Å². The molecule has 1 aromatic carbocycles. The van der Waals surface area contributed by atoms with Gasteiger partial charge in [-0.15, -0.1) is 11.6 Å². The maximum absolute atomic E-state index is 8.93. The van der Waals surface area contributed by atoms with Gasteiger partial charge in [0, 0.05) is 5.88 Å². The third kappa shape index (κ3) is 2.64. The lowest BCUT2D eigenvalue weighted by Gasteiger charge is -1.92. The highest BCUT2D eigenvalue weighted by Gasteiger charge is 1.86. The van der Waals surface area contributed by atoms with Crippen LogP contribution >= 0.6 is 11.6 Å². The number of phenols is 1. The number of hydrogen-bond acceptors (Lipinski definition) is 1. The summed E-state index contributed by atoms with van der Waals surface area (Å²) in [5.41, 5.74) is 1.04. The number of alkyl halides is 1. The van der Waals surface area contributed by atoms with Crippen molar-refractivity contribution in [1.82, 2.24) is 0 Å². The molecule has 0 aliphatic rings. The fourth-order valence-electron chi connectivity index (χ4n) is 0.766. The molecule has 11 heavy (non-hydrogen) atoms. The minimum atomic E-state index is 0.285. The van der Waals surface area contributed by atoms with Crippen LogP contribution in [0.2, 0.25) is 0 Å². The Morgan fingerprint density at radius 2 is 1.91 bits per heavy atom. The predicted molar refractivity (Wildman–Crippen MR) is 47.9 cm³/mol. The van der Waals surface area contributed by atoms with Crippen molar-refractivity contribution >= 4 is 17.7 Å². The summed E-state index contributed by atoms with van der Waals surface area (Å²) in [6.45, 7) is 0. The Labute approximate surface area is 70.9 Å². The largest absolute Gasteiger partial charge is 0.508 e. The van der Waals surface area contributed by atoms with E-state index in [0.717, 1.165) is 5.56 Å². The molecule has 2 heteroatoms. The minimum absolute atomic E-state index is 0.285. The SMILES string of the molecule is Oc1ccc(/C=C/CCl)cc1. The molecular weight excluding hydrogens is 160 g/mol. The van der Waals surface area contributed by atoms with Crippen LogP contribution in [-0.2, 0) is 0 Å². The standard InChI is InChI=1S/C9H9ClO/c10-7-1-2-8-3-5-9(11)6-4-8/h1-6,11H,7H2/b2-1+. The smallest absolute Gasteiger partial charge is 0.115 e. The van der Waals surface area contributed by atoms with Gasteiger partial charge in [-0.1, -0.05) is 24.3 Å². The molecule has 0 unspecified atom stereocenters. The van der Waals surface area contributed by atoms with E-state index < -0.39 is 0 Å². The van der Waals surface area contributed by atoms with Gasteiger partial charge >= 0.3 is 0 Å². The third-order valence-corrected chi connectivity index (χ3v) is 1.47. The predicted octanol–water partition coefficient (Wildman–Crippen LogP) is 2.64. The summed E-state index contributed by atoms with van der Waals surface area (Å²) < 4.78 is 0. The van der Waals surface area contributed by atoms with Crippen molar-refractivity contribution in [2.24, 2.45) is 0 Å². The van der Waals surface area contributed by atoms with Crippen LogP contribution in [0.5, 0.6) is 5.75 Å². The van der Waals surface area contributed by atoms with E-state index in [4.69, 9.17) is 16.7 Å². The monoisotopic (exact) mass is 168 g/mol. The summed E-state index contributed by atoms with van der Waals surface area (Å²) in [5.74, 6) is 0.800. The summed E-state index contributed by atoms with van der Waals surface area (Å²) >= 11 is 5.45. The first kappa shape index (κ1) is 8.15. The van der Waals surface area contributed by atoms with E-state index in [-0.39, 0.29) is 5.75 Å². The number of allylic oxidation sites excluding steroid dienone is 1. The van der Waals surface area contributed by atoms with Gasteiger partial charge < -0.3 is 5.11 Å². The molecule has 1 N–H and O–H groups in total. The first-order valence-electron chi connectivity index (χ1n) is 3.34. The molecule has 1 aromatic rings. The highest BCUT2D eigenvalue weighted by molar-refractivity contribution is 6.19. The molecule has 0 heterocycles. The molecule has 0 aromatic heterocycles. The van der Waals surface area contributed by atoms with Gasteiger partial charge in [0.1, 0.15) is 5.75 Å². The lowest BCUT2D eigenvalue weighted by molar-refractivity contribution is 0.475. The average Bonchev–Trinajstić information content (AvgIpc) is 2.04. The summed E-state index contributed by atoms with van der Waals surface area (Å²) in [4.78, 5) is 0. The van der Waals surface area contributed by atoms with E-state index in [9.17, 15) is 0 Å². The highest BCUT2D eigenvalue weighted by Crippen LogP contribution is 2.10. The van der Waals surface area contributed by atoms with Crippen LogP contribution in [0.3, 0.4) is 0 Å². The summed E-state index contributed by atoms with van der Waals surface area (Å²) in [7, 11) is 0. The number of benzene rings is 1. The first-order valence-corrected chi connectivity index (χ1v) is 3.88. The van der Waals surface area contributed by atoms with Crippen molar-refractivity contribution < 1.29 is 5.11 Å². The van der Waals surface area contributed by atoms with Crippen molar-refractivity contribution in [2.45, 2.75) is 0 Å². The van der Waals surface area contributed by atoms with Gasteiger partial charge in [-0.2, -0.15) is 0 Å². The van der Waals surface area contributed by atoms with E-state index in [0.29, 0.717) is 5.88 Å². The Hall–Kier alpha value is -0.950. The van der Waals surface area contributed by atoms with Crippen LogP contribution < -0.4 is 0 Å². The fraction of sp³-hybridized carbons (Fsp3) is 0.111. The van der Waals surface area contributed by atoms with E-state index in [1.807, 2.05) is 24.3 Å². The molecule has 0 atom stereocenters. The molecule has 0 radical (unpaired) electrons. The Bertz CT molecular complexity index is 238. The Morgan fingerprint density at radius 1 is 1.27 bits per heavy atom. The van der Waals surface area contributed by atoms with Gasteiger partial charge in [-0.3, -0.25) is 0 Å². The molecule has 1 rings (SSSR count). The van der Waals surface area contributed by atoms with Crippen molar-refractivity contribution in [3.63, 3.8) is 0 Å². The lowest BCUT2D eigenvalue weighted by Crippen LogP contribution is -1.70. The molecule has 0 spiro atoms. The van der Waals surface area contributed by atoms with Crippen LogP contribution in [0, 0.1) is 0 Å². The quantitative estimate of drug-likeness (QED) is 0.674. The zero-order valence-electron chi connectivity index (χ0n) is 6.00. The van der Waals surface area contributed by atoms with Gasteiger partial charge in [-0.25, -0.2) is 0 Å². The molecule has 0 aliphatic heterocycles. The average molecular weight is 169 g/mol. The van der Waals surface area contributed by atoms with Crippen molar-refractivity contribution in [3.8, 4) is 5.75 Å². The van der Waals surface area contributed by atoms with E-state index in [1.165, 1.54) is 0 Å². The van der Waals surface area contributed by atoms with E-state index in [2.05, 4.69) is 0 Å². The Balaban J connectivity index is 2.73. The van der Waals surface area contributed by atoms with Crippen molar-refractivity contribution in [3.05, 3.63) is 35.9 Å². The maximum Gasteiger partial charge on any atom is 0.115 e. The second-order valence-electron chi connectivity index (χ2n) is 2.15. The Kier molecular flexibility index (Phi) is 2.99. The molecule has 0 saturated heterocycles. The summed E-state index contributed by atoms with van der Waals surface area (Å²) in [6, 6.07) is 6.96. The molecule has 0 aliphatic carbocycles. The van der Waals surface area contributed by atoms with Crippen molar-refractivity contribution in [1.29, 1.82) is 0 Å². The van der Waals surface area contributed by atoms with Gasteiger partial charge in [0.15, 0.2) is 0 Å². The molecule has 0 bridgehead atoms. The van der Waals surface area contributed by atoms with Gasteiger partial charge in [0.05, 0.1) is 0 Å². The molecule has 58 valence electrons. The fourth-order valence-corrected chi connectivity index (χ4v) is 0.855. The molecule has 1 nitrogen and oxygen atoms in total. The van der Waals surface area contributed by atoms with Gasteiger partial charge in [0.2, 0.25) is 0 Å². The maximum atomic E-state index is 8.93. The number of aromatic hydroxyl groups is 1. The first-order chi connectivity index (χ1) is 5.33. The number of rotatable bonds is 2.